The van der Waals surface area contributed by atoms with Gasteiger partial charge in [0, 0.05) is 24.1 Å². The van der Waals surface area contributed by atoms with E-state index in [2.05, 4.69) is 42.9 Å². The molecule has 17 heavy (non-hydrogen) atoms. The van der Waals surface area contributed by atoms with Crippen LogP contribution in [0, 0.1) is 6.92 Å². The highest BCUT2D eigenvalue weighted by molar-refractivity contribution is 5.85. The number of aromatic nitrogens is 1. The van der Waals surface area contributed by atoms with Gasteiger partial charge in [-0.1, -0.05) is 31.4 Å². The first-order valence-electron chi connectivity index (χ1n) is 6.81. The molecular formula is C16H21N. The van der Waals surface area contributed by atoms with Crippen LogP contribution in [0.15, 0.2) is 24.4 Å². The van der Waals surface area contributed by atoms with Crippen molar-refractivity contribution in [1.29, 1.82) is 0 Å². The SMILES string of the molecule is Cc1ccc2c(C3CCCCC3)cn(C)c2c1. The Hall–Kier alpha value is -1.24. The lowest BCUT2D eigenvalue weighted by molar-refractivity contribution is 0.445. The monoisotopic (exact) mass is 227 g/mol. The lowest BCUT2D eigenvalue weighted by Gasteiger charge is -2.21. The molecule has 3 rings (SSSR count). The summed E-state index contributed by atoms with van der Waals surface area (Å²) in [6.45, 7) is 2.17. The molecule has 0 bridgehead atoms. The van der Waals surface area contributed by atoms with E-state index >= 15 is 0 Å². The molecule has 1 fully saturated rings. The number of hydrogen-bond donors (Lipinski definition) is 0. The molecule has 1 aliphatic carbocycles. The molecule has 1 saturated carbocycles. The molecule has 1 aromatic carbocycles. The van der Waals surface area contributed by atoms with Crippen LogP contribution >= 0.6 is 0 Å². The zero-order valence-electron chi connectivity index (χ0n) is 10.9. The van der Waals surface area contributed by atoms with Crippen LogP contribution < -0.4 is 0 Å². The van der Waals surface area contributed by atoms with Crippen molar-refractivity contribution in [2.75, 3.05) is 0 Å². The van der Waals surface area contributed by atoms with Crippen molar-refractivity contribution in [3.8, 4) is 0 Å². The Kier molecular flexibility index (Phi) is 2.70. The third-order valence-electron chi connectivity index (χ3n) is 4.22. The van der Waals surface area contributed by atoms with Crippen molar-refractivity contribution in [1.82, 2.24) is 4.57 Å². The number of hydrogen-bond acceptors (Lipinski definition) is 0. The van der Waals surface area contributed by atoms with Gasteiger partial charge in [0.25, 0.3) is 0 Å². The summed E-state index contributed by atoms with van der Waals surface area (Å²) in [4.78, 5) is 0. The maximum atomic E-state index is 2.36. The molecule has 1 heterocycles. The van der Waals surface area contributed by atoms with Gasteiger partial charge in [-0.25, -0.2) is 0 Å². The van der Waals surface area contributed by atoms with Crippen LogP contribution in [0.4, 0.5) is 0 Å². The molecule has 0 radical (unpaired) electrons. The summed E-state index contributed by atoms with van der Waals surface area (Å²) in [6, 6.07) is 6.87. The molecule has 0 unspecified atom stereocenters. The predicted molar refractivity (Wildman–Crippen MR) is 73.5 cm³/mol. The average Bonchev–Trinajstić information content (AvgIpc) is 2.68. The molecule has 2 aromatic rings. The standard InChI is InChI=1S/C16H21N/c1-12-8-9-14-15(11-17(2)16(14)10-12)13-6-4-3-5-7-13/h8-11,13H,3-7H2,1-2H3. The first kappa shape index (κ1) is 10.9. The topological polar surface area (TPSA) is 4.93 Å². The largest absolute Gasteiger partial charge is 0.350 e. The summed E-state index contributed by atoms with van der Waals surface area (Å²) >= 11 is 0. The van der Waals surface area contributed by atoms with Crippen molar-refractivity contribution < 1.29 is 0 Å². The van der Waals surface area contributed by atoms with Gasteiger partial charge >= 0.3 is 0 Å². The minimum Gasteiger partial charge on any atom is -0.350 e. The minimum atomic E-state index is 0.801. The van der Waals surface area contributed by atoms with Crippen LogP contribution in [-0.4, -0.2) is 4.57 Å². The molecule has 0 N–H and O–H groups in total. The van der Waals surface area contributed by atoms with Crippen LogP contribution in [0.1, 0.15) is 49.1 Å². The van der Waals surface area contributed by atoms with Crippen molar-refractivity contribution >= 4 is 10.9 Å². The van der Waals surface area contributed by atoms with E-state index in [-0.39, 0.29) is 0 Å². The maximum absolute atomic E-state index is 2.36. The van der Waals surface area contributed by atoms with Gasteiger partial charge in [0.05, 0.1) is 0 Å². The summed E-state index contributed by atoms with van der Waals surface area (Å²) in [7, 11) is 2.17. The highest BCUT2D eigenvalue weighted by Crippen LogP contribution is 2.37. The summed E-state index contributed by atoms with van der Waals surface area (Å²) in [5.41, 5.74) is 4.33. The smallest absolute Gasteiger partial charge is 0.0483 e. The number of nitrogens with zero attached hydrogens (tertiary/aromatic N) is 1. The van der Waals surface area contributed by atoms with Gasteiger partial charge in [0.15, 0.2) is 0 Å². The van der Waals surface area contributed by atoms with Crippen LogP contribution in [-0.2, 0) is 7.05 Å². The second-order valence-corrected chi connectivity index (χ2v) is 5.55. The number of benzene rings is 1. The molecule has 0 aliphatic heterocycles. The molecule has 1 aromatic heterocycles. The van der Waals surface area contributed by atoms with Crippen molar-refractivity contribution in [2.45, 2.75) is 44.9 Å². The fourth-order valence-electron chi connectivity index (χ4n) is 3.26. The van der Waals surface area contributed by atoms with Crippen LogP contribution in [0.25, 0.3) is 10.9 Å². The Balaban J connectivity index is 2.10. The van der Waals surface area contributed by atoms with Gasteiger partial charge in [-0.3, -0.25) is 0 Å². The highest BCUT2D eigenvalue weighted by atomic mass is 14.9. The molecule has 0 atom stereocenters. The Labute approximate surface area is 103 Å². The predicted octanol–water partition coefficient (Wildman–Crippen LogP) is 4.53. The van der Waals surface area contributed by atoms with Gasteiger partial charge in [-0.15, -0.1) is 0 Å². The second-order valence-electron chi connectivity index (χ2n) is 5.55. The Morgan fingerprint density at radius 3 is 2.65 bits per heavy atom. The number of rotatable bonds is 1. The van der Waals surface area contributed by atoms with Gasteiger partial charge < -0.3 is 4.57 Å². The average molecular weight is 227 g/mol. The molecular weight excluding hydrogens is 206 g/mol. The second kappa shape index (κ2) is 4.21. The van der Waals surface area contributed by atoms with Crippen molar-refractivity contribution in [2.24, 2.45) is 7.05 Å². The quantitative estimate of drug-likeness (QED) is 0.674. The summed E-state index contributed by atoms with van der Waals surface area (Å²) in [5.74, 6) is 0.801. The van der Waals surface area contributed by atoms with E-state index in [4.69, 9.17) is 0 Å². The van der Waals surface area contributed by atoms with E-state index in [0.29, 0.717) is 0 Å². The zero-order chi connectivity index (χ0) is 11.8. The Morgan fingerprint density at radius 2 is 1.88 bits per heavy atom. The summed E-state index contributed by atoms with van der Waals surface area (Å²) in [6.07, 6.45) is 9.38. The first-order chi connectivity index (χ1) is 8.25. The third kappa shape index (κ3) is 1.88. The Morgan fingerprint density at radius 1 is 1.12 bits per heavy atom. The fraction of sp³-hybridized carbons (Fsp3) is 0.500. The van der Waals surface area contributed by atoms with Crippen LogP contribution in [0.3, 0.4) is 0 Å². The van der Waals surface area contributed by atoms with Gasteiger partial charge in [0.2, 0.25) is 0 Å². The van der Waals surface area contributed by atoms with Crippen LogP contribution in [0.2, 0.25) is 0 Å². The molecule has 0 saturated heterocycles. The van der Waals surface area contributed by atoms with Gasteiger partial charge in [0.1, 0.15) is 0 Å². The third-order valence-corrected chi connectivity index (χ3v) is 4.22. The molecule has 0 spiro atoms. The van der Waals surface area contributed by atoms with E-state index in [9.17, 15) is 0 Å². The van der Waals surface area contributed by atoms with Crippen molar-refractivity contribution in [3.05, 3.63) is 35.5 Å². The van der Waals surface area contributed by atoms with E-state index in [1.807, 2.05) is 0 Å². The number of aryl methyl sites for hydroxylation is 2. The summed E-state index contributed by atoms with van der Waals surface area (Å²) < 4.78 is 2.30. The normalized spacial score (nSPS) is 17.8. The van der Waals surface area contributed by atoms with Crippen molar-refractivity contribution in [3.63, 3.8) is 0 Å². The molecule has 90 valence electrons. The Bertz CT molecular complexity index is 530. The lowest BCUT2D eigenvalue weighted by Crippen LogP contribution is -2.03. The van der Waals surface area contributed by atoms with Gasteiger partial charge in [-0.05, 0) is 42.9 Å². The molecule has 1 nitrogen and oxygen atoms in total. The van der Waals surface area contributed by atoms with Crippen LogP contribution in [0.5, 0.6) is 0 Å². The van der Waals surface area contributed by atoms with Gasteiger partial charge in [-0.2, -0.15) is 0 Å². The van der Waals surface area contributed by atoms with E-state index in [0.717, 1.165) is 5.92 Å². The molecule has 1 aliphatic rings. The molecule has 1 heteroatoms. The lowest BCUT2D eigenvalue weighted by atomic mass is 9.84. The first-order valence-corrected chi connectivity index (χ1v) is 6.81. The number of fused-ring (bicyclic) bond motifs is 1. The summed E-state index contributed by atoms with van der Waals surface area (Å²) in [5, 5.41) is 1.48. The van der Waals surface area contributed by atoms with E-state index < -0.39 is 0 Å². The maximum Gasteiger partial charge on any atom is 0.0483 e. The minimum absolute atomic E-state index is 0.801. The fourth-order valence-corrected chi connectivity index (χ4v) is 3.26. The zero-order valence-corrected chi connectivity index (χ0v) is 10.9. The van der Waals surface area contributed by atoms with E-state index in [1.54, 1.807) is 5.56 Å². The molecule has 0 amide bonds. The van der Waals surface area contributed by atoms with E-state index in [1.165, 1.54) is 48.6 Å². The highest BCUT2D eigenvalue weighted by Gasteiger charge is 2.19.